The lowest BCUT2D eigenvalue weighted by molar-refractivity contribution is -0.132. The Bertz CT molecular complexity index is 1050. The molecule has 0 aromatic carbocycles. The minimum Gasteiger partial charge on any atom is -0.378 e. The summed E-state index contributed by atoms with van der Waals surface area (Å²) in [5.74, 6) is -0.618. The number of ether oxygens (including phenoxy) is 2. The van der Waals surface area contributed by atoms with Crippen LogP contribution in [0.3, 0.4) is 0 Å². The van der Waals surface area contributed by atoms with Crippen LogP contribution in [0.1, 0.15) is 25.7 Å². The van der Waals surface area contributed by atoms with Gasteiger partial charge in [0.1, 0.15) is 12.4 Å². The Morgan fingerprint density at radius 1 is 1.14 bits per heavy atom. The van der Waals surface area contributed by atoms with E-state index < -0.39 is 12.0 Å². The van der Waals surface area contributed by atoms with E-state index in [1.54, 1.807) is 17.8 Å². The zero-order valence-corrected chi connectivity index (χ0v) is 25.3. The van der Waals surface area contributed by atoms with Crippen molar-refractivity contribution in [3.05, 3.63) is 11.1 Å². The van der Waals surface area contributed by atoms with E-state index in [9.17, 15) is 9.59 Å². The third-order valence-electron chi connectivity index (χ3n) is 9.59. The molecule has 14 nitrogen and oxygen atoms in total. The van der Waals surface area contributed by atoms with Crippen LogP contribution in [0.2, 0.25) is 0 Å². The van der Waals surface area contributed by atoms with Gasteiger partial charge >= 0.3 is 0 Å². The first-order valence-electron chi connectivity index (χ1n) is 15.3. The van der Waals surface area contributed by atoms with Gasteiger partial charge in [-0.15, -0.1) is 23.5 Å². The van der Waals surface area contributed by atoms with Gasteiger partial charge in [0, 0.05) is 43.7 Å². The van der Waals surface area contributed by atoms with E-state index in [0.29, 0.717) is 26.5 Å². The highest BCUT2D eigenvalue weighted by molar-refractivity contribution is 8.04. The number of ketones is 1. The molecule has 0 aromatic rings. The molecule has 0 spiro atoms. The van der Waals surface area contributed by atoms with Crippen molar-refractivity contribution in [1.29, 1.82) is 0 Å². The molecule has 42 heavy (non-hydrogen) atoms. The van der Waals surface area contributed by atoms with Crippen LogP contribution >= 0.6 is 23.5 Å². The Morgan fingerprint density at radius 2 is 1.98 bits per heavy atom. The fourth-order valence-electron chi connectivity index (χ4n) is 7.35. The Morgan fingerprint density at radius 3 is 2.79 bits per heavy atom. The van der Waals surface area contributed by atoms with E-state index in [1.165, 1.54) is 0 Å². The molecule has 0 bridgehead atoms. The minimum absolute atomic E-state index is 0.0467. The second-order valence-electron chi connectivity index (χ2n) is 12.2. The number of morpholine rings is 1. The average molecular weight is 625 g/mol. The van der Waals surface area contributed by atoms with Gasteiger partial charge in [0.05, 0.1) is 65.8 Å². The van der Waals surface area contributed by atoms with Gasteiger partial charge in [-0.2, -0.15) is 5.01 Å². The van der Waals surface area contributed by atoms with E-state index in [-0.39, 0.29) is 64.3 Å². The SMILES string of the molecule is NC(=O)C1C(NC2CNC(C3COC4C(=O)C=C(N5CCOCC5)SC43)S2)NC(N[C@H]2CCCC[C@H]2N)N2NCNC12. The number of primary amides is 1. The molecule has 7 rings (SSSR count). The lowest BCUT2D eigenvalue weighted by Gasteiger charge is -2.48. The number of nitrogens with two attached hydrogens (primary N) is 2. The predicted molar refractivity (Wildman–Crippen MR) is 160 cm³/mol. The molecule has 6 fully saturated rings. The lowest BCUT2D eigenvalue weighted by atomic mass is 9.91. The monoisotopic (exact) mass is 624 g/mol. The second-order valence-corrected chi connectivity index (χ2v) is 14.7. The number of hydrazine groups is 1. The maximum absolute atomic E-state index is 13.0. The quantitative estimate of drug-likeness (QED) is 0.146. The number of carbonyl (C=O) groups excluding carboxylic acids is 2. The average Bonchev–Trinajstić information content (AvgIpc) is 3.75. The predicted octanol–water partition coefficient (Wildman–Crippen LogP) is -2.69. The van der Waals surface area contributed by atoms with Gasteiger partial charge in [-0.25, -0.2) is 5.43 Å². The highest BCUT2D eigenvalue weighted by Gasteiger charge is 2.52. The topological polar surface area (TPSA) is 183 Å². The first kappa shape index (κ1) is 29.7. The van der Waals surface area contributed by atoms with Crippen molar-refractivity contribution in [3.8, 4) is 0 Å². The second kappa shape index (κ2) is 12.8. The molecule has 234 valence electrons. The van der Waals surface area contributed by atoms with Crippen molar-refractivity contribution in [2.24, 2.45) is 23.3 Å². The van der Waals surface area contributed by atoms with Gasteiger partial charge in [0.15, 0.2) is 5.78 Å². The van der Waals surface area contributed by atoms with Crippen LogP contribution in [-0.2, 0) is 19.1 Å². The Hall–Kier alpha value is -1.02. The number of carbonyl (C=O) groups is 2. The van der Waals surface area contributed by atoms with Gasteiger partial charge in [-0.05, 0) is 12.8 Å². The van der Waals surface area contributed by atoms with Crippen molar-refractivity contribution in [3.63, 3.8) is 0 Å². The number of thioether (sulfide) groups is 2. The number of nitrogens with zero attached hydrogens (tertiary/aromatic N) is 2. The van der Waals surface area contributed by atoms with Crippen LogP contribution in [0.25, 0.3) is 0 Å². The number of fused-ring (bicyclic) bond motifs is 2. The molecule has 1 saturated carbocycles. The van der Waals surface area contributed by atoms with Crippen LogP contribution in [0.5, 0.6) is 0 Å². The molecule has 9 unspecified atom stereocenters. The van der Waals surface area contributed by atoms with E-state index in [0.717, 1.165) is 50.3 Å². The molecule has 5 saturated heterocycles. The largest absolute Gasteiger partial charge is 0.378 e. The van der Waals surface area contributed by atoms with Crippen LogP contribution in [-0.4, -0.2) is 121 Å². The normalized spacial score (nSPS) is 44.6. The highest BCUT2D eigenvalue weighted by Crippen LogP contribution is 2.45. The van der Waals surface area contributed by atoms with Gasteiger partial charge in [0.25, 0.3) is 0 Å². The van der Waals surface area contributed by atoms with Gasteiger partial charge in [-0.1, -0.05) is 12.8 Å². The van der Waals surface area contributed by atoms with Crippen LogP contribution in [0.15, 0.2) is 11.1 Å². The summed E-state index contributed by atoms with van der Waals surface area (Å²) < 4.78 is 11.6. The zero-order chi connectivity index (χ0) is 28.8. The summed E-state index contributed by atoms with van der Waals surface area (Å²) in [6.45, 7) is 4.80. The van der Waals surface area contributed by atoms with Crippen LogP contribution < -0.4 is 43.5 Å². The molecule has 0 aromatic heterocycles. The highest BCUT2D eigenvalue weighted by atomic mass is 32.2. The summed E-state index contributed by atoms with van der Waals surface area (Å²) in [5.41, 5.74) is 15.8. The van der Waals surface area contributed by atoms with E-state index in [4.69, 9.17) is 20.9 Å². The summed E-state index contributed by atoms with van der Waals surface area (Å²) in [7, 11) is 0. The summed E-state index contributed by atoms with van der Waals surface area (Å²) >= 11 is 3.58. The first-order valence-corrected chi connectivity index (χ1v) is 17.1. The van der Waals surface area contributed by atoms with Crippen molar-refractivity contribution < 1.29 is 19.1 Å². The van der Waals surface area contributed by atoms with Crippen molar-refractivity contribution in [2.75, 3.05) is 46.1 Å². The smallest absolute Gasteiger partial charge is 0.226 e. The maximum atomic E-state index is 13.0. The molecule has 6 aliphatic heterocycles. The molecule has 1 aliphatic carbocycles. The third-order valence-corrected chi connectivity index (χ3v) is 12.5. The molecule has 1 amide bonds. The number of amides is 1. The maximum Gasteiger partial charge on any atom is 0.226 e. The lowest BCUT2D eigenvalue weighted by Crippen LogP contribution is -2.77. The van der Waals surface area contributed by atoms with E-state index in [1.807, 2.05) is 16.8 Å². The first-order chi connectivity index (χ1) is 20.5. The van der Waals surface area contributed by atoms with Crippen molar-refractivity contribution in [1.82, 2.24) is 41.9 Å². The molecule has 11 atom stereocenters. The Kier molecular flexibility index (Phi) is 9.02. The summed E-state index contributed by atoms with van der Waals surface area (Å²) in [6.07, 6.45) is 4.90. The molecule has 7 aliphatic rings. The fraction of sp³-hybridized carbons (Fsp3) is 0.846. The minimum atomic E-state index is -0.496. The van der Waals surface area contributed by atoms with Gasteiger partial charge < -0.3 is 31.2 Å². The summed E-state index contributed by atoms with van der Waals surface area (Å²) in [6, 6.07) is 0.296. The third kappa shape index (κ3) is 5.86. The molecule has 10 N–H and O–H groups in total. The van der Waals surface area contributed by atoms with Crippen molar-refractivity contribution >= 4 is 35.2 Å². The van der Waals surface area contributed by atoms with Crippen LogP contribution in [0, 0.1) is 11.8 Å². The standard InChI is InChI=1S/C26H44N10O4S2/c27-14-3-1-2-4-15(14)32-26-34-23(19(22(28)38)24-30-12-31-36(24)26)33-17-10-29-25(41-17)13-11-40-20-16(37)9-18(42-21(13)20)35-5-7-39-8-6-35/h9,13-15,17,19-21,23-26,29-34H,1-8,10-12,27H2,(H2,28,38)/t13?,14-,15+,17?,19?,20?,21?,23?,24?,25?,26?/m1/s1. The van der Waals surface area contributed by atoms with E-state index in [2.05, 4.69) is 36.9 Å². The molecule has 6 heterocycles. The number of hydrogen-bond acceptors (Lipinski definition) is 15. The Labute approximate surface area is 254 Å². The molecular weight excluding hydrogens is 580 g/mol. The van der Waals surface area contributed by atoms with E-state index >= 15 is 0 Å². The van der Waals surface area contributed by atoms with Gasteiger partial charge in [0.2, 0.25) is 5.91 Å². The molecule has 0 radical (unpaired) electrons. The summed E-state index contributed by atoms with van der Waals surface area (Å²) in [4.78, 5) is 28.0. The fourth-order valence-corrected chi connectivity index (χ4v) is 10.4. The van der Waals surface area contributed by atoms with Crippen LogP contribution in [0.4, 0.5) is 0 Å². The summed E-state index contributed by atoms with van der Waals surface area (Å²) in [5, 5.41) is 21.5. The van der Waals surface area contributed by atoms with Crippen molar-refractivity contribution in [2.45, 2.75) is 78.5 Å². The molecular formula is C26H44N10O4S2. The zero-order valence-electron chi connectivity index (χ0n) is 23.7. The molecule has 16 heteroatoms. The number of nitrogens with one attached hydrogen (secondary N) is 6. The Balaban J connectivity index is 1.01. The number of hydrogen-bond donors (Lipinski definition) is 8. The number of rotatable bonds is 7. The van der Waals surface area contributed by atoms with Gasteiger partial charge in [-0.3, -0.25) is 30.9 Å².